The summed E-state index contributed by atoms with van der Waals surface area (Å²) in [6, 6.07) is 13.7. The molecule has 1 aliphatic heterocycles. The SMILES string of the molecule is CC[C@@H](NC(=O)C1CCN(S(=O)(=O)c2ccc(SC)cc2)CC1)c1ccc2c(c1)CCCC2. The Hall–Kier alpha value is -1.83. The molecule has 1 atom stereocenters. The summed E-state index contributed by atoms with van der Waals surface area (Å²) in [5, 5.41) is 3.25. The molecule has 2 aliphatic rings. The van der Waals surface area contributed by atoms with Gasteiger partial charge < -0.3 is 5.32 Å². The number of amides is 1. The van der Waals surface area contributed by atoms with E-state index in [0.29, 0.717) is 30.8 Å². The van der Waals surface area contributed by atoms with E-state index in [1.165, 1.54) is 33.8 Å². The molecule has 0 spiro atoms. The van der Waals surface area contributed by atoms with E-state index in [4.69, 9.17) is 0 Å². The molecule has 5 nitrogen and oxygen atoms in total. The fraction of sp³-hybridized carbons (Fsp3) is 0.500. The second-order valence-electron chi connectivity index (χ2n) is 9.06. The Bertz CT molecular complexity index is 1080. The number of nitrogens with one attached hydrogen (secondary N) is 1. The third kappa shape index (κ3) is 5.47. The number of rotatable bonds is 7. The molecular formula is C26H34N2O3S2. The van der Waals surface area contributed by atoms with E-state index < -0.39 is 10.0 Å². The lowest BCUT2D eigenvalue weighted by Gasteiger charge is -2.31. The molecule has 0 radical (unpaired) electrons. The van der Waals surface area contributed by atoms with E-state index in [-0.39, 0.29) is 17.9 Å². The van der Waals surface area contributed by atoms with Crippen LogP contribution < -0.4 is 5.32 Å². The maximum atomic E-state index is 13.0. The first-order valence-corrected chi connectivity index (χ1v) is 14.6. The third-order valence-electron chi connectivity index (χ3n) is 7.02. The minimum Gasteiger partial charge on any atom is -0.349 e. The summed E-state index contributed by atoms with van der Waals surface area (Å²) < 4.78 is 27.5. The quantitative estimate of drug-likeness (QED) is 0.562. The minimum atomic E-state index is -3.52. The summed E-state index contributed by atoms with van der Waals surface area (Å²) in [7, 11) is -3.52. The lowest BCUT2D eigenvalue weighted by molar-refractivity contribution is -0.126. The predicted octanol–water partition coefficient (Wildman–Crippen LogP) is 4.96. The first kappa shape index (κ1) is 24.3. The first-order valence-electron chi connectivity index (χ1n) is 12.0. The van der Waals surface area contributed by atoms with Gasteiger partial charge >= 0.3 is 0 Å². The molecule has 0 unspecified atom stereocenters. The summed E-state index contributed by atoms with van der Waals surface area (Å²) >= 11 is 1.59. The van der Waals surface area contributed by atoms with Crippen LogP contribution in [-0.2, 0) is 27.7 Å². The van der Waals surface area contributed by atoms with Crippen molar-refractivity contribution in [1.82, 2.24) is 9.62 Å². The second kappa shape index (κ2) is 10.6. The summed E-state index contributed by atoms with van der Waals surface area (Å²) in [5.41, 5.74) is 4.05. The zero-order valence-electron chi connectivity index (χ0n) is 19.5. The van der Waals surface area contributed by atoms with E-state index in [1.54, 1.807) is 23.9 Å². The lowest BCUT2D eigenvalue weighted by atomic mass is 9.88. The van der Waals surface area contributed by atoms with E-state index in [2.05, 4.69) is 30.4 Å². The summed E-state index contributed by atoms with van der Waals surface area (Å²) in [4.78, 5) is 14.4. The van der Waals surface area contributed by atoms with Crippen LogP contribution in [0.1, 0.15) is 61.8 Å². The maximum absolute atomic E-state index is 13.0. The van der Waals surface area contributed by atoms with Crippen molar-refractivity contribution in [3.8, 4) is 0 Å². The molecule has 2 aromatic rings. The standard InChI is InChI=1S/C26H34N2O3S2/c1-3-25(22-9-8-19-6-4-5-7-21(19)18-22)27-26(29)20-14-16-28(17-15-20)33(30,31)24-12-10-23(32-2)11-13-24/h8-13,18,20,25H,3-7,14-17H2,1-2H3,(H,27,29)/t25-/m1/s1. The van der Waals surface area contributed by atoms with Crippen molar-refractivity contribution in [2.45, 2.75) is 67.7 Å². The number of nitrogens with zero attached hydrogens (tertiary/aromatic N) is 1. The van der Waals surface area contributed by atoms with Gasteiger partial charge in [-0.2, -0.15) is 4.31 Å². The number of piperidine rings is 1. The molecule has 1 saturated heterocycles. The maximum Gasteiger partial charge on any atom is 0.243 e. The number of carbonyl (C=O) groups excluding carboxylic acids is 1. The number of hydrogen-bond acceptors (Lipinski definition) is 4. The molecule has 1 aliphatic carbocycles. The van der Waals surface area contributed by atoms with Gasteiger partial charge in [0.15, 0.2) is 0 Å². The molecule has 4 rings (SSSR count). The fourth-order valence-corrected chi connectivity index (χ4v) is 6.81. The molecule has 0 bridgehead atoms. The van der Waals surface area contributed by atoms with Crippen LogP contribution in [0.2, 0.25) is 0 Å². The number of thioether (sulfide) groups is 1. The van der Waals surface area contributed by atoms with Crippen molar-refractivity contribution in [1.29, 1.82) is 0 Å². The van der Waals surface area contributed by atoms with Gasteiger partial charge in [0.2, 0.25) is 15.9 Å². The Morgan fingerprint density at radius 1 is 1.06 bits per heavy atom. The van der Waals surface area contributed by atoms with Crippen LogP contribution >= 0.6 is 11.8 Å². The van der Waals surface area contributed by atoms with Crippen molar-refractivity contribution in [2.75, 3.05) is 19.3 Å². The Morgan fingerprint density at radius 2 is 1.73 bits per heavy atom. The summed E-state index contributed by atoms with van der Waals surface area (Å²) in [5.74, 6) is -0.108. The van der Waals surface area contributed by atoms with Gasteiger partial charge in [-0.05, 0) is 92.2 Å². The van der Waals surface area contributed by atoms with Crippen LogP contribution in [0.15, 0.2) is 52.3 Å². The Labute approximate surface area is 202 Å². The molecule has 2 aromatic carbocycles. The largest absolute Gasteiger partial charge is 0.349 e. The topological polar surface area (TPSA) is 66.5 Å². The zero-order valence-corrected chi connectivity index (χ0v) is 21.2. The molecular weight excluding hydrogens is 452 g/mol. The van der Waals surface area contributed by atoms with Gasteiger partial charge in [0.25, 0.3) is 0 Å². The average Bonchev–Trinajstić information content (AvgIpc) is 2.87. The van der Waals surface area contributed by atoms with Crippen LogP contribution in [0.5, 0.6) is 0 Å². The van der Waals surface area contributed by atoms with E-state index >= 15 is 0 Å². The Morgan fingerprint density at radius 3 is 2.36 bits per heavy atom. The Balaban J connectivity index is 1.36. The van der Waals surface area contributed by atoms with E-state index in [9.17, 15) is 13.2 Å². The van der Waals surface area contributed by atoms with Crippen molar-refractivity contribution in [3.63, 3.8) is 0 Å². The normalized spacial score (nSPS) is 18.5. The highest BCUT2D eigenvalue weighted by molar-refractivity contribution is 7.98. The van der Waals surface area contributed by atoms with Gasteiger partial charge in [0.1, 0.15) is 0 Å². The van der Waals surface area contributed by atoms with Gasteiger partial charge in [-0.15, -0.1) is 11.8 Å². The van der Waals surface area contributed by atoms with Gasteiger partial charge in [0, 0.05) is 23.9 Å². The highest BCUT2D eigenvalue weighted by Gasteiger charge is 2.32. The summed E-state index contributed by atoms with van der Waals surface area (Å²) in [6.07, 6.45) is 8.68. The van der Waals surface area contributed by atoms with Crippen LogP contribution in [-0.4, -0.2) is 38.0 Å². The van der Waals surface area contributed by atoms with Gasteiger partial charge in [-0.25, -0.2) is 8.42 Å². The molecule has 33 heavy (non-hydrogen) atoms. The molecule has 0 saturated carbocycles. The number of benzene rings is 2. The monoisotopic (exact) mass is 486 g/mol. The minimum absolute atomic E-state index is 0.00133. The molecule has 7 heteroatoms. The lowest BCUT2D eigenvalue weighted by Crippen LogP contribution is -2.43. The molecule has 178 valence electrons. The molecule has 0 aromatic heterocycles. The number of sulfonamides is 1. The smallest absolute Gasteiger partial charge is 0.243 e. The third-order valence-corrected chi connectivity index (χ3v) is 9.68. The van der Waals surface area contributed by atoms with Crippen molar-refractivity contribution in [3.05, 3.63) is 59.2 Å². The van der Waals surface area contributed by atoms with Gasteiger partial charge in [0.05, 0.1) is 10.9 Å². The van der Waals surface area contributed by atoms with Gasteiger partial charge in [-0.1, -0.05) is 25.1 Å². The number of aryl methyl sites for hydroxylation is 2. The first-order chi connectivity index (χ1) is 15.9. The van der Waals surface area contributed by atoms with Crippen LogP contribution in [0.4, 0.5) is 0 Å². The molecule has 1 fully saturated rings. The summed E-state index contributed by atoms with van der Waals surface area (Å²) in [6.45, 7) is 2.85. The average molecular weight is 487 g/mol. The molecule has 1 amide bonds. The van der Waals surface area contributed by atoms with Gasteiger partial charge in [-0.3, -0.25) is 4.79 Å². The second-order valence-corrected chi connectivity index (χ2v) is 11.9. The number of carbonyl (C=O) groups is 1. The van der Waals surface area contributed by atoms with Crippen molar-refractivity contribution in [2.24, 2.45) is 5.92 Å². The van der Waals surface area contributed by atoms with Crippen molar-refractivity contribution >= 4 is 27.7 Å². The van der Waals surface area contributed by atoms with Crippen LogP contribution in [0.25, 0.3) is 0 Å². The number of fused-ring (bicyclic) bond motifs is 1. The molecule has 1 heterocycles. The fourth-order valence-electron chi connectivity index (χ4n) is 4.94. The van der Waals surface area contributed by atoms with E-state index in [1.807, 2.05) is 18.4 Å². The predicted molar refractivity (Wildman–Crippen MR) is 134 cm³/mol. The Kier molecular flexibility index (Phi) is 7.82. The van der Waals surface area contributed by atoms with E-state index in [0.717, 1.165) is 24.2 Å². The van der Waals surface area contributed by atoms with Crippen LogP contribution in [0.3, 0.4) is 0 Å². The highest BCUT2D eigenvalue weighted by atomic mass is 32.2. The van der Waals surface area contributed by atoms with Crippen LogP contribution in [0, 0.1) is 5.92 Å². The molecule has 1 N–H and O–H groups in total. The highest BCUT2D eigenvalue weighted by Crippen LogP contribution is 2.28. The zero-order chi connectivity index (χ0) is 23.4. The van der Waals surface area contributed by atoms with Crippen molar-refractivity contribution < 1.29 is 13.2 Å². The number of hydrogen-bond donors (Lipinski definition) is 1.